The maximum absolute atomic E-state index is 10.1. The summed E-state index contributed by atoms with van der Waals surface area (Å²) in [7, 11) is 0. The molecule has 152 valence electrons. The molecule has 28 heavy (non-hydrogen) atoms. The summed E-state index contributed by atoms with van der Waals surface area (Å²) in [6, 6.07) is 0. The van der Waals surface area contributed by atoms with Crippen molar-refractivity contribution in [3.05, 3.63) is 36.5 Å². The molecule has 2 nitrogen and oxygen atoms in total. The predicted octanol–water partition coefficient (Wildman–Crippen LogP) is 6.52. The van der Waals surface area contributed by atoms with E-state index in [9.17, 15) is 9.59 Å². The van der Waals surface area contributed by atoms with Gasteiger partial charge in [-0.2, -0.15) is 0 Å². The molecule has 2 heteroatoms. The van der Waals surface area contributed by atoms with E-state index < -0.39 is 0 Å². The minimum Gasteiger partial charge on any atom is -0.299 e. The van der Waals surface area contributed by atoms with Crippen molar-refractivity contribution in [2.75, 3.05) is 0 Å². The molecule has 0 aromatic carbocycles. The maximum atomic E-state index is 10.1. The quantitative estimate of drug-likeness (QED) is 0.100. The van der Waals surface area contributed by atoms with Crippen molar-refractivity contribution in [1.82, 2.24) is 0 Å². The van der Waals surface area contributed by atoms with Crippen molar-refractivity contribution in [2.24, 2.45) is 0 Å². The van der Waals surface area contributed by atoms with E-state index in [-0.39, 0.29) is 0 Å². The molecule has 0 saturated carbocycles. The lowest BCUT2D eigenvalue weighted by Gasteiger charge is -1.95. The smallest absolute Gasteiger partial charge is 0.142 e. The maximum Gasteiger partial charge on any atom is 0.142 e. The van der Waals surface area contributed by atoms with Gasteiger partial charge >= 0.3 is 0 Å². The van der Waals surface area contributed by atoms with E-state index in [2.05, 4.69) is 35.8 Å². The van der Waals surface area contributed by atoms with Crippen LogP contribution >= 0.6 is 0 Å². The molecule has 0 unspecified atom stereocenters. The molecule has 0 aliphatic heterocycles. The van der Waals surface area contributed by atoms with E-state index >= 15 is 0 Å². The van der Waals surface area contributed by atoms with Crippen molar-refractivity contribution in [2.45, 2.75) is 89.9 Å². The Labute approximate surface area is 172 Å². The molecule has 0 rings (SSSR count). The zero-order chi connectivity index (χ0) is 20.4. The lowest BCUT2D eigenvalue weighted by atomic mass is 10.1. The Kier molecular flexibility index (Phi) is 22.6. The number of rotatable bonds is 16. The summed E-state index contributed by atoms with van der Waals surface area (Å²) in [4.78, 5) is 20.2. The minimum atomic E-state index is 0.816. The van der Waals surface area contributed by atoms with E-state index in [0.29, 0.717) is 0 Å². The van der Waals surface area contributed by atoms with Gasteiger partial charge in [0.1, 0.15) is 12.6 Å². The number of unbranched alkanes of at least 4 members (excludes halogenated alkanes) is 10. The van der Waals surface area contributed by atoms with Gasteiger partial charge in [0.2, 0.25) is 0 Å². The van der Waals surface area contributed by atoms with Gasteiger partial charge in [0.15, 0.2) is 0 Å². The fourth-order valence-corrected chi connectivity index (χ4v) is 2.57. The van der Waals surface area contributed by atoms with Crippen LogP contribution in [0.25, 0.3) is 0 Å². The summed E-state index contributed by atoms with van der Waals surface area (Å²) in [5.41, 5.74) is 0. The molecule has 0 heterocycles. The van der Waals surface area contributed by atoms with Crippen LogP contribution in [0.2, 0.25) is 0 Å². The highest BCUT2D eigenvalue weighted by molar-refractivity contribution is 5.64. The molecular formula is C26H36O2. The molecule has 0 spiro atoms. The highest BCUT2D eigenvalue weighted by Crippen LogP contribution is 2.06. The van der Waals surface area contributed by atoms with E-state index in [4.69, 9.17) is 0 Å². The van der Waals surface area contributed by atoms with Gasteiger partial charge in [-0.15, -0.1) is 11.8 Å². The molecule has 0 bridgehead atoms. The van der Waals surface area contributed by atoms with Crippen LogP contribution in [-0.2, 0) is 9.59 Å². The number of carbonyl (C=O) groups is 2. The van der Waals surface area contributed by atoms with Crippen molar-refractivity contribution in [3.8, 4) is 23.7 Å². The van der Waals surface area contributed by atoms with Gasteiger partial charge in [0.05, 0.1) is 0 Å². The van der Waals surface area contributed by atoms with Crippen molar-refractivity contribution >= 4 is 12.6 Å². The van der Waals surface area contributed by atoms with Crippen LogP contribution in [0.4, 0.5) is 0 Å². The van der Waals surface area contributed by atoms with Crippen LogP contribution < -0.4 is 0 Å². The van der Waals surface area contributed by atoms with E-state index in [1.165, 1.54) is 25.7 Å². The average molecular weight is 381 g/mol. The standard InChI is InChI=1S/C26H36O2/c27-25-23-21-19-17-15-13-11-9-7-5-3-1-2-4-6-8-10-12-14-16-18-20-22-24-26-28/h1-2,21-26H,3-4,9-20H2/b2-1-,23-21+,24-22+. The lowest BCUT2D eigenvalue weighted by molar-refractivity contribution is -0.104. The second-order valence-corrected chi connectivity index (χ2v) is 6.62. The molecular weight excluding hydrogens is 344 g/mol. The number of aldehydes is 2. The van der Waals surface area contributed by atoms with Gasteiger partial charge in [0.25, 0.3) is 0 Å². The molecule has 0 aliphatic rings. The third-order valence-electron chi connectivity index (χ3n) is 4.13. The third-order valence-corrected chi connectivity index (χ3v) is 4.13. The van der Waals surface area contributed by atoms with Gasteiger partial charge < -0.3 is 0 Å². The first-order valence-corrected chi connectivity index (χ1v) is 10.7. The third kappa shape index (κ3) is 23.7. The molecule has 0 aliphatic carbocycles. The molecule has 0 N–H and O–H groups in total. The Morgan fingerprint density at radius 3 is 1.32 bits per heavy atom. The number of carbonyl (C=O) groups excluding carboxylic acids is 2. The molecule has 0 aromatic rings. The van der Waals surface area contributed by atoms with Crippen LogP contribution in [0.5, 0.6) is 0 Å². The van der Waals surface area contributed by atoms with Crippen LogP contribution in [0.15, 0.2) is 36.5 Å². The highest BCUT2D eigenvalue weighted by Gasteiger charge is 1.88. The summed E-state index contributed by atoms with van der Waals surface area (Å²) in [6.45, 7) is 0. The first-order chi connectivity index (χ1) is 13.9. The zero-order valence-corrected chi connectivity index (χ0v) is 17.3. The Balaban J connectivity index is 3.38. The minimum absolute atomic E-state index is 0.816. The van der Waals surface area contributed by atoms with Crippen LogP contribution in [0, 0.1) is 23.7 Å². The molecule has 0 amide bonds. The van der Waals surface area contributed by atoms with Gasteiger partial charge in [-0.25, -0.2) is 0 Å². The Hall–Kier alpha value is -2.32. The van der Waals surface area contributed by atoms with Gasteiger partial charge in [0, 0.05) is 25.7 Å². The van der Waals surface area contributed by atoms with Crippen LogP contribution in [0.1, 0.15) is 89.9 Å². The van der Waals surface area contributed by atoms with Crippen LogP contribution in [-0.4, -0.2) is 12.6 Å². The normalized spacial score (nSPS) is 10.7. The van der Waals surface area contributed by atoms with Gasteiger partial charge in [-0.1, -0.05) is 61.8 Å². The number of hydrogen-bond donors (Lipinski definition) is 0. The fourth-order valence-electron chi connectivity index (χ4n) is 2.57. The molecule has 0 radical (unpaired) electrons. The summed E-state index contributed by atoms with van der Waals surface area (Å²) in [6.07, 6.45) is 28.0. The number of allylic oxidation sites excluding steroid dienone is 6. The van der Waals surface area contributed by atoms with Gasteiger partial charge in [-0.3, -0.25) is 9.59 Å². The SMILES string of the molecule is O=C/C=C/CCCCCCC#CC/C=C\CC#CCCCCCC/C=C/C=O. The van der Waals surface area contributed by atoms with Crippen LogP contribution in [0.3, 0.4) is 0 Å². The molecule has 0 atom stereocenters. The largest absolute Gasteiger partial charge is 0.299 e. The summed E-state index contributed by atoms with van der Waals surface area (Å²) in [5, 5.41) is 0. The first kappa shape index (κ1) is 25.7. The second kappa shape index (κ2) is 24.7. The summed E-state index contributed by atoms with van der Waals surface area (Å²) in [5.74, 6) is 12.8. The van der Waals surface area contributed by atoms with Crippen molar-refractivity contribution < 1.29 is 9.59 Å². The first-order valence-electron chi connectivity index (χ1n) is 10.7. The molecule has 0 saturated heterocycles. The second-order valence-electron chi connectivity index (χ2n) is 6.62. The zero-order valence-electron chi connectivity index (χ0n) is 17.3. The van der Waals surface area contributed by atoms with E-state index in [1.54, 1.807) is 12.2 Å². The summed E-state index contributed by atoms with van der Waals surface area (Å²) >= 11 is 0. The van der Waals surface area contributed by atoms with Gasteiger partial charge in [-0.05, 0) is 50.7 Å². The fraction of sp³-hybridized carbons (Fsp3) is 0.538. The van der Waals surface area contributed by atoms with Crippen molar-refractivity contribution in [3.63, 3.8) is 0 Å². The lowest BCUT2D eigenvalue weighted by Crippen LogP contribution is -1.77. The summed E-state index contributed by atoms with van der Waals surface area (Å²) < 4.78 is 0. The molecule has 0 aromatic heterocycles. The topological polar surface area (TPSA) is 34.1 Å². The monoisotopic (exact) mass is 380 g/mol. The number of hydrogen-bond acceptors (Lipinski definition) is 2. The highest BCUT2D eigenvalue weighted by atomic mass is 16.1. The predicted molar refractivity (Wildman–Crippen MR) is 120 cm³/mol. The average Bonchev–Trinajstić information content (AvgIpc) is 2.71. The van der Waals surface area contributed by atoms with E-state index in [1.807, 2.05) is 12.2 Å². The Morgan fingerprint density at radius 1 is 0.464 bits per heavy atom. The molecule has 0 fully saturated rings. The Morgan fingerprint density at radius 2 is 0.893 bits per heavy atom. The Bertz CT molecular complexity index is 521. The van der Waals surface area contributed by atoms with E-state index in [0.717, 1.165) is 76.8 Å². The van der Waals surface area contributed by atoms with Crippen molar-refractivity contribution in [1.29, 1.82) is 0 Å².